The van der Waals surface area contributed by atoms with Crippen LogP contribution < -0.4 is 4.90 Å². The van der Waals surface area contributed by atoms with Gasteiger partial charge in [-0.25, -0.2) is 9.07 Å². The van der Waals surface area contributed by atoms with Crippen molar-refractivity contribution in [3.8, 4) is 0 Å². The number of nitrogens with zero attached hydrogens (tertiary/aromatic N) is 5. The lowest BCUT2D eigenvalue weighted by atomic mass is 9.64. The molecule has 6 nitrogen and oxygen atoms in total. The van der Waals surface area contributed by atoms with E-state index < -0.39 is 12.3 Å². The molecule has 23 heavy (non-hydrogen) atoms. The first-order chi connectivity index (χ1) is 11.2. The van der Waals surface area contributed by atoms with Crippen molar-refractivity contribution in [2.24, 2.45) is 17.8 Å². The van der Waals surface area contributed by atoms with Crippen molar-refractivity contribution in [2.45, 2.75) is 63.8 Å². The zero-order valence-corrected chi connectivity index (χ0v) is 13.5. The minimum absolute atomic E-state index is 0.213. The Hall–Kier alpha value is -1.24. The van der Waals surface area contributed by atoms with Gasteiger partial charge < -0.3 is 10.0 Å². The second-order valence-electron chi connectivity index (χ2n) is 7.60. The Labute approximate surface area is 136 Å². The summed E-state index contributed by atoms with van der Waals surface area (Å²) in [6.45, 7) is 1.52. The van der Waals surface area contributed by atoms with Gasteiger partial charge in [-0.3, -0.25) is 0 Å². The zero-order chi connectivity index (χ0) is 15.8. The van der Waals surface area contributed by atoms with E-state index in [2.05, 4.69) is 15.5 Å². The number of alkyl halides is 1. The monoisotopic (exact) mass is 323 g/mol. The lowest BCUT2D eigenvalue weighted by Gasteiger charge is -2.42. The van der Waals surface area contributed by atoms with E-state index in [1.165, 1.54) is 38.5 Å². The number of aliphatic hydroxyl groups excluding tert-OH is 1. The van der Waals surface area contributed by atoms with Crippen molar-refractivity contribution in [3.63, 3.8) is 0 Å². The van der Waals surface area contributed by atoms with Gasteiger partial charge in [0.1, 0.15) is 6.17 Å². The molecule has 0 unspecified atom stereocenters. The van der Waals surface area contributed by atoms with Crippen LogP contribution in [0.5, 0.6) is 0 Å². The van der Waals surface area contributed by atoms with E-state index in [1.807, 2.05) is 4.68 Å². The predicted octanol–water partition coefficient (Wildman–Crippen LogP) is 1.80. The van der Waals surface area contributed by atoms with E-state index in [9.17, 15) is 9.50 Å². The minimum Gasteiger partial charge on any atom is -0.391 e. The molecule has 0 spiro atoms. The maximum Gasteiger partial charge on any atom is 0.245 e. The van der Waals surface area contributed by atoms with Crippen LogP contribution in [0.3, 0.4) is 0 Å². The number of anilines is 1. The first kappa shape index (κ1) is 15.3. The van der Waals surface area contributed by atoms with Gasteiger partial charge in [-0.15, -0.1) is 0 Å². The topological polar surface area (TPSA) is 67.1 Å². The average molecular weight is 323 g/mol. The third kappa shape index (κ3) is 3.07. The Morgan fingerprint density at radius 2 is 1.83 bits per heavy atom. The molecule has 3 aliphatic rings. The van der Waals surface area contributed by atoms with Crippen molar-refractivity contribution < 1.29 is 9.50 Å². The fourth-order valence-corrected chi connectivity index (χ4v) is 4.34. The van der Waals surface area contributed by atoms with E-state index >= 15 is 0 Å². The summed E-state index contributed by atoms with van der Waals surface area (Å²) in [5.74, 6) is 2.88. The number of aromatic nitrogens is 4. The molecule has 0 amide bonds. The summed E-state index contributed by atoms with van der Waals surface area (Å²) in [5.41, 5.74) is 0. The lowest BCUT2D eigenvalue weighted by Crippen LogP contribution is -2.46. The standard InChI is InChI=1S/C16H26FN5O/c17-13-7-14(23)9-21(8-13)16-18-19-20-22(16)10-15(11-3-1-4-11)12-5-2-6-12/h11-15,23H,1-10H2/t13-,14-/m1/s1. The number of halogens is 1. The van der Waals surface area contributed by atoms with Gasteiger partial charge in [-0.2, -0.15) is 0 Å². The fourth-order valence-electron chi connectivity index (χ4n) is 4.34. The molecule has 0 aromatic carbocycles. The number of tetrazole rings is 1. The van der Waals surface area contributed by atoms with E-state index in [4.69, 9.17) is 0 Å². The van der Waals surface area contributed by atoms with Gasteiger partial charge in [0, 0.05) is 19.5 Å². The highest BCUT2D eigenvalue weighted by Crippen LogP contribution is 2.45. The molecule has 1 N–H and O–H groups in total. The molecule has 1 aliphatic heterocycles. The van der Waals surface area contributed by atoms with Crippen LogP contribution in [0.1, 0.15) is 44.9 Å². The van der Waals surface area contributed by atoms with Crippen LogP contribution in [0.15, 0.2) is 0 Å². The Kier molecular flexibility index (Phi) is 4.22. The maximum absolute atomic E-state index is 13.8. The van der Waals surface area contributed by atoms with E-state index in [-0.39, 0.29) is 13.0 Å². The summed E-state index contributed by atoms with van der Waals surface area (Å²) >= 11 is 0. The Morgan fingerprint density at radius 3 is 2.39 bits per heavy atom. The number of rotatable bonds is 5. The van der Waals surface area contributed by atoms with Crippen molar-refractivity contribution in [1.29, 1.82) is 0 Å². The molecule has 0 radical (unpaired) electrons. The highest BCUT2D eigenvalue weighted by molar-refractivity contribution is 5.30. The highest BCUT2D eigenvalue weighted by Gasteiger charge is 2.37. The van der Waals surface area contributed by atoms with Gasteiger partial charge in [0.2, 0.25) is 5.95 Å². The number of piperidine rings is 1. The van der Waals surface area contributed by atoms with Gasteiger partial charge in [-0.05, 0) is 28.2 Å². The average Bonchev–Trinajstić information content (AvgIpc) is 2.81. The van der Waals surface area contributed by atoms with Crippen LogP contribution in [0.2, 0.25) is 0 Å². The van der Waals surface area contributed by atoms with Gasteiger partial charge in [0.25, 0.3) is 0 Å². The highest BCUT2D eigenvalue weighted by atomic mass is 19.1. The number of β-amino-alcohol motifs (C(OH)–C–C–N with tert-alkyl or cyclic N) is 1. The molecule has 2 atom stereocenters. The number of hydrogen-bond acceptors (Lipinski definition) is 5. The van der Waals surface area contributed by atoms with E-state index in [0.29, 0.717) is 18.4 Å². The van der Waals surface area contributed by atoms with E-state index in [0.717, 1.165) is 18.4 Å². The summed E-state index contributed by atoms with van der Waals surface area (Å²) in [6, 6.07) is 0. The Bertz CT molecular complexity index is 506. The molecular formula is C16H26FN5O. The first-order valence-electron chi connectivity index (χ1n) is 9.04. The molecule has 2 heterocycles. The summed E-state index contributed by atoms with van der Waals surface area (Å²) < 4.78 is 15.6. The maximum atomic E-state index is 13.8. The van der Waals surface area contributed by atoms with Crippen LogP contribution >= 0.6 is 0 Å². The molecule has 2 saturated carbocycles. The fraction of sp³-hybridized carbons (Fsp3) is 0.938. The van der Waals surface area contributed by atoms with Crippen LogP contribution in [0.4, 0.5) is 10.3 Å². The number of hydrogen-bond donors (Lipinski definition) is 1. The molecule has 1 aromatic heterocycles. The second kappa shape index (κ2) is 6.34. The van der Waals surface area contributed by atoms with Gasteiger partial charge in [0.05, 0.1) is 12.6 Å². The van der Waals surface area contributed by atoms with Crippen molar-refractivity contribution in [2.75, 3.05) is 18.0 Å². The molecule has 4 rings (SSSR count). The lowest BCUT2D eigenvalue weighted by molar-refractivity contribution is 0.0744. The first-order valence-corrected chi connectivity index (χ1v) is 9.04. The third-order valence-corrected chi connectivity index (χ3v) is 6.07. The van der Waals surface area contributed by atoms with Crippen LogP contribution in [-0.4, -0.2) is 50.7 Å². The SMILES string of the molecule is O[C@@H]1C[C@@H](F)CN(c2nnnn2CC(C2CCC2)C2CCC2)C1. The largest absolute Gasteiger partial charge is 0.391 e. The van der Waals surface area contributed by atoms with E-state index in [1.54, 1.807) is 4.90 Å². The second-order valence-corrected chi connectivity index (χ2v) is 7.60. The van der Waals surface area contributed by atoms with Crippen LogP contribution in [-0.2, 0) is 6.54 Å². The van der Waals surface area contributed by atoms with Crippen LogP contribution in [0.25, 0.3) is 0 Å². The van der Waals surface area contributed by atoms with Crippen molar-refractivity contribution in [1.82, 2.24) is 20.2 Å². The minimum atomic E-state index is -1.02. The van der Waals surface area contributed by atoms with Crippen LogP contribution in [0, 0.1) is 17.8 Å². The molecule has 2 aliphatic carbocycles. The van der Waals surface area contributed by atoms with Gasteiger partial charge in [-0.1, -0.05) is 43.6 Å². The smallest absolute Gasteiger partial charge is 0.245 e. The molecule has 1 aromatic rings. The molecule has 3 fully saturated rings. The van der Waals surface area contributed by atoms with Crippen molar-refractivity contribution >= 4 is 5.95 Å². The third-order valence-electron chi connectivity index (χ3n) is 6.07. The Morgan fingerprint density at radius 1 is 1.13 bits per heavy atom. The molecule has 1 saturated heterocycles. The zero-order valence-electron chi connectivity index (χ0n) is 13.5. The predicted molar refractivity (Wildman–Crippen MR) is 83.7 cm³/mol. The summed E-state index contributed by atoms with van der Waals surface area (Å²) in [5, 5.41) is 21.9. The van der Waals surface area contributed by atoms with Gasteiger partial charge >= 0.3 is 0 Å². The van der Waals surface area contributed by atoms with Gasteiger partial charge in [0.15, 0.2) is 0 Å². The number of aliphatic hydroxyl groups is 1. The summed E-state index contributed by atoms with van der Waals surface area (Å²) in [7, 11) is 0. The molecular weight excluding hydrogens is 297 g/mol. The summed E-state index contributed by atoms with van der Waals surface area (Å²) in [4.78, 5) is 1.80. The normalized spacial score (nSPS) is 29.6. The Balaban J connectivity index is 1.49. The van der Waals surface area contributed by atoms with Crippen molar-refractivity contribution in [3.05, 3.63) is 0 Å². The molecule has 128 valence electrons. The quantitative estimate of drug-likeness (QED) is 0.895. The molecule has 0 bridgehead atoms. The molecule has 7 heteroatoms. The summed E-state index contributed by atoms with van der Waals surface area (Å²) in [6.07, 6.45) is 6.56.